The van der Waals surface area contributed by atoms with Crippen LogP contribution in [-0.2, 0) is 0 Å². The molecule has 1 N–H and O–H groups in total. The van der Waals surface area contributed by atoms with Crippen LogP contribution < -0.4 is 10.1 Å². The van der Waals surface area contributed by atoms with E-state index in [4.69, 9.17) is 4.74 Å². The SMILES string of the molecule is CC(C)(C)NCCCCCCOc1cccc(F)c1F. The fourth-order valence-corrected chi connectivity index (χ4v) is 1.82. The highest BCUT2D eigenvalue weighted by atomic mass is 19.2. The third-order valence-corrected chi connectivity index (χ3v) is 2.90. The molecule has 2 nitrogen and oxygen atoms in total. The van der Waals surface area contributed by atoms with Crippen molar-refractivity contribution in [3.8, 4) is 5.75 Å². The number of benzene rings is 1. The van der Waals surface area contributed by atoms with Crippen molar-refractivity contribution in [1.29, 1.82) is 0 Å². The third kappa shape index (κ3) is 6.85. The molecule has 114 valence electrons. The van der Waals surface area contributed by atoms with Crippen LogP contribution in [0.15, 0.2) is 18.2 Å². The summed E-state index contributed by atoms with van der Waals surface area (Å²) in [6.45, 7) is 7.87. The Morgan fingerprint density at radius 3 is 2.45 bits per heavy atom. The maximum Gasteiger partial charge on any atom is 0.200 e. The summed E-state index contributed by atoms with van der Waals surface area (Å²) in [4.78, 5) is 0. The average Bonchev–Trinajstić information content (AvgIpc) is 2.36. The number of halogens is 2. The van der Waals surface area contributed by atoms with Gasteiger partial charge < -0.3 is 10.1 Å². The first-order valence-electron chi connectivity index (χ1n) is 7.22. The van der Waals surface area contributed by atoms with Crippen molar-refractivity contribution in [3.05, 3.63) is 29.8 Å². The van der Waals surface area contributed by atoms with Gasteiger partial charge in [0.05, 0.1) is 6.61 Å². The fraction of sp³-hybridized carbons (Fsp3) is 0.625. The molecule has 0 spiro atoms. The van der Waals surface area contributed by atoms with Crippen LogP contribution in [0, 0.1) is 11.6 Å². The van der Waals surface area contributed by atoms with Gasteiger partial charge in [0, 0.05) is 5.54 Å². The van der Waals surface area contributed by atoms with Crippen molar-refractivity contribution in [1.82, 2.24) is 5.32 Å². The zero-order chi connectivity index (χ0) is 15.0. The maximum absolute atomic E-state index is 13.3. The van der Waals surface area contributed by atoms with Gasteiger partial charge in [-0.05, 0) is 52.3 Å². The van der Waals surface area contributed by atoms with E-state index in [1.54, 1.807) is 0 Å². The van der Waals surface area contributed by atoms with Gasteiger partial charge in [-0.25, -0.2) is 4.39 Å². The van der Waals surface area contributed by atoms with Gasteiger partial charge in [0.2, 0.25) is 5.82 Å². The Bertz CT molecular complexity index is 402. The van der Waals surface area contributed by atoms with Crippen LogP contribution in [-0.4, -0.2) is 18.7 Å². The summed E-state index contributed by atoms with van der Waals surface area (Å²) < 4.78 is 31.5. The molecule has 4 heteroatoms. The molecule has 0 saturated heterocycles. The Hall–Kier alpha value is -1.16. The molecule has 0 amide bonds. The number of nitrogens with one attached hydrogen (secondary N) is 1. The lowest BCUT2D eigenvalue weighted by Gasteiger charge is -2.20. The van der Waals surface area contributed by atoms with Crippen molar-refractivity contribution < 1.29 is 13.5 Å². The third-order valence-electron chi connectivity index (χ3n) is 2.90. The molecule has 0 aliphatic heterocycles. The van der Waals surface area contributed by atoms with Crippen LogP contribution >= 0.6 is 0 Å². The van der Waals surface area contributed by atoms with Crippen molar-refractivity contribution in [2.75, 3.05) is 13.2 Å². The van der Waals surface area contributed by atoms with Gasteiger partial charge in [-0.3, -0.25) is 0 Å². The molecule has 0 unspecified atom stereocenters. The van der Waals surface area contributed by atoms with Gasteiger partial charge in [0.1, 0.15) is 0 Å². The summed E-state index contributed by atoms with van der Waals surface area (Å²) in [5.41, 5.74) is 0.165. The predicted octanol–water partition coefficient (Wildman–Crippen LogP) is 4.29. The van der Waals surface area contributed by atoms with Gasteiger partial charge in [-0.1, -0.05) is 18.9 Å². The van der Waals surface area contributed by atoms with Crippen LogP contribution in [0.3, 0.4) is 0 Å². The van der Waals surface area contributed by atoms with Crippen molar-refractivity contribution in [2.24, 2.45) is 0 Å². The van der Waals surface area contributed by atoms with Crippen molar-refractivity contribution in [2.45, 2.75) is 52.0 Å². The minimum Gasteiger partial charge on any atom is -0.490 e. The largest absolute Gasteiger partial charge is 0.490 e. The Balaban J connectivity index is 2.07. The lowest BCUT2D eigenvalue weighted by Crippen LogP contribution is -2.36. The molecular formula is C16H25F2NO. The van der Waals surface area contributed by atoms with Gasteiger partial charge in [-0.2, -0.15) is 4.39 Å². The Kier molecular flexibility index (Phi) is 6.93. The first-order chi connectivity index (χ1) is 9.40. The number of hydrogen-bond donors (Lipinski definition) is 1. The number of rotatable bonds is 8. The van der Waals surface area contributed by atoms with Crippen LogP contribution in [0.1, 0.15) is 46.5 Å². The van der Waals surface area contributed by atoms with E-state index in [1.807, 2.05) is 0 Å². The molecule has 0 aromatic heterocycles. The van der Waals surface area contributed by atoms with Gasteiger partial charge >= 0.3 is 0 Å². The minimum atomic E-state index is -0.901. The molecule has 0 fully saturated rings. The summed E-state index contributed by atoms with van der Waals surface area (Å²) in [5, 5.41) is 3.43. The van der Waals surface area contributed by atoms with Crippen LogP contribution in [0.4, 0.5) is 8.78 Å². The second-order valence-electron chi connectivity index (χ2n) is 5.99. The second-order valence-corrected chi connectivity index (χ2v) is 5.99. The highest BCUT2D eigenvalue weighted by molar-refractivity contribution is 5.24. The molecule has 20 heavy (non-hydrogen) atoms. The molecule has 0 atom stereocenters. The monoisotopic (exact) mass is 285 g/mol. The smallest absolute Gasteiger partial charge is 0.200 e. The van der Waals surface area contributed by atoms with Crippen molar-refractivity contribution in [3.63, 3.8) is 0 Å². The van der Waals surface area contributed by atoms with Crippen molar-refractivity contribution >= 4 is 0 Å². The summed E-state index contributed by atoms with van der Waals surface area (Å²) in [5.74, 6) is -1.77. The van der Waals surface area contributed by atoms with E-state index < -0.39 is 11.6 Å². The Labute approximate surface area is 120 Å². The van der Waals surface area contributed by atoms with Gasteiger partial charge in [0.25, 0.3) is 0 Å². The maximum atomic E-state index is 13.3. The van der Waals surface area contributed by atoms with E-state index in [1.165, 1.54) is 12.1 Å². The first kappa shape index (κ1) is 16.9. The molecule has 1 aromatic carbocycles. The van der Waals surface area contributed by atoms with Crippen LogP contribution in [0.2, 0.25) is 0 Å². The first-order valence-corrected chi connectivity index (χ1v) is 7.22. The van der Waals surface area contributed by atoms with E-state index in [2.05, 4.69) is 26.1 Å². The quantitative estimate of drug-likeness (QED) is 0.719. The average molecular weight is 285 g/mol. The summed E-state index contributed by atoms with van der Waals surface area (Å²) in [7, 11) is 0. The molecule has 0 saturated carbocycles. The highest BCUT2D eigenvalue weighted by Crippen LogP contribution is 2.19. The lowest BCUT2D eigenvalue weighted by atomic mass is 10.1. The van der Waals surface area contributed by atoms with Crippen LogP contribution in [0.5, 0.6) is 5.75 Å². The Morgan fingerprint density at radius 2 is 1.75 bits per heavy atom. The molecule has 0 heterocycles. The number of ether oxygens (including phenoxy) is 1. The molecule has 0 radical (unpaired) electrons. The number of hydrogen-bond acceptors (Lipinski definition) is 2. The molecule has 0 aliphatic rings. The lowest BCUT2D eigenvalue weighted by molar-refractivity contribution is 0.284. The Morgan fingerprint density at radius 1 is 1.05 bits per heavy atom. The van der Waals surface area contributed by atoms with E-state index in [-0.39, 0.29) is 11.3 Å². The normalized spacial score (nSPS) is 11.7. The van der Waals surface area contributed by atoms with E-state index in [0.717, 1.165) is 38.3 Å². The van der Waals surface area contributed by atoms with Gasteiger partial charge in [-0.15, -0.1) is 0 Å². The number of unbranched alkanes of at least 4 members (excludes halogenated alkanes) is 3. The standard InChI is InChI=1S/C16H25F2NO/c1-16(2,3)19-11-6-4-5-7-12-20-14-10-8-9-13(17)15(14)18/h8-10,19H,4-7,11-12H2,1-3H3. The zero-order valence-electron chi connectivity index (χ0n) is 12.6. The van der Waals surface area contributed by atoms with E-state index >= 15 is 0 Å². The molecule has 0 bridgehead atoms. The van der Waals surface area contributed by atoms with Crippen LogP contribution in [0.25, 0.3) is 0 Å². The zero-order valence-corrected chi connectivity index (χ0v) is 12.6. The molecule has 1 rings (SSSR count). The predicted molar refractivity (Wildman–Crippen MR) is 78.1 cm³/mol. The molecular weight excluding hydrogens is 260 g/mol. The second kappa shape index (κ2) is 8.20. The summed E-state index contributed by atoms with van der Waals surface area (Å²) in [6, 6.07) is 3.99. The topological polar surface area (TPSA) is 21.3 Å². The highest BCUT2D eigenvalue weighted by Gasteiger charge is 2.08. The molecule has 0 aliphatic carbocycles. The van der Waals surface area contributed by atoms with Gasteiger partial charge in [0.15, 0.2) is 11.6 Å². The molecule has 1 aromatic rings. The fourth-order valence-electron chi connectivity index (χ4n) is 1.82. The summed E-state index contributed by atoms with van der Waals surface area (Å²) >= 11 is 0. The van der Waals surface area contributed by atoms with E-state index in [9.17, 15) is 8.78 Å². The van der Waals surface area contributed by atoms with E-state index in [0.29, 0.717) is 6.61 Å². The summed E-state index contributed by atoms with van der Waals surface area (Å²) in [6.07, 6.45) is 4.11. The minimum absolute atomic E-state index is 0.000556.